The number of halogens is 1. The number of aliphatic hydroxyl groups is 1. The van der Waals surface area contributed by atoms with E-state index in [0.717, 1.165) is 19.5 Å². The summed E-state index contributed by atoms with van der Waals surface area (Å²) in [5.41, 5.74) is 3.48. The van der Waals surface area contributed by atoms with E-state index in [1.54, 1.807) is 28.0 Å². The average molecular weight is 482 g/mol. The zero-order chi connectivity index (χ0) is 24.4. The maximum Gasteiger partial charge on any atom is 0.257 e. The van der Waals surface area contributed by atoms with Gasteiger partial charge in [0.05, 0.1) is 18.2 Å². The number of rotatable bonds is 5. The third kappa shape index (κ3) is 5.33. The SMILES string of the molecule is O=C(c1ccc2c(c1)OCCN(C[C@H](O)CN1CCc3ccccc3C1)C2=O)N1CCC(F)CC1. The highest BCUT2D eigenvalue weighted by molar-refractivity contribution is 6.00. The van der Waals surface area contributed by atoms with E-state index in [1.165, 1.54) is 11.1 Å². The molecule has 0 aromatic heterocycles. The number of carbonyl (C=O) groups is 2. The number of ether oxygens (including phenoxy) is 1. The van der Waals surface area contributed by atoms with E-state index < -0.39 is 12.3 Å². The lowest BCUT2D eigenvalue weighted by atomic mass is 10.00. The maximum absolute atomic E-state index is 13.4. The molecule has 3 aliphatic heterocycles. The summed E-state index contributed by atoms with van der Waals surface area (Å²) < 4.78 is 19.3. The number of fused-ring (bicyclic) bond motifs is 2. The Balaban J connectivity index is 1.21. The lowest BCUT2D eigenvalue weighted by Crippen LogP contribution is -2.44. The summed E-state index contributed by atoms with van der Waals surface area (Å²) in [5, 5.41) is 10.8. The first-order valence-electron chi connectivity index (χ1n) is 12.4. The van der Waals surface area contributed by atoms with Crippen molar-refractivity contribution in [1.29, 1.82) is 0 Å². The van der Waals surface area contributed by atoms with Crippen LogP contribution in [0.25, 0.3) is 0 Å². The minimum Gasteiger partial charge on any atom is -0.491 e. The molecule has 2 aromatic carbocycles. The van der Waals surface area contributed by atoms with Crippen LogP contribution in [0.3, 0.4) is 0 Å². The smallest absolute Gasteiger partial charge is 0.257 e. The van der Waals surface area contributed by atoms with E-state index in [4.69, 9.17) is 4.74 Å². The number of hydrogen-bond acceptors (Lipinski definition) is 5. The molecule has 5 rings (SSSR count). The van der Waals surface area contributed by atoms with Gasteiger partial charge in [-0.25, -0.2) is 4.39 Å². The second kappa shape index (κ2) is 10.3. The molecular weight excluding hydrogens is 449 g/mol. The van der Waals surface area contributed by atoms with Crippen molar-refractivity contribution in [3.63, 3.8) is 0 Å². The molecule has 0 radical (unpaired) electrons. The van der Waals surface area contributed by atoms with Gasteiger partial charge in [0.25, 0.3) is 11.8 Å². The fourth-order valence-corrected chi connectivity index (χ4v) is 5.22. The van der Waals surface area contributed by atoms with Gasteiger partial charge in [0, 0.05) is 44.8 Å². The summed E-state index contributed by atoms with van der Waals surface area (Å²) in [7, 11) is 0. The monoisotopic (exact) mass is 481 g/mol. The van der Waals surface area contributed by atoms with Gasteiger partial charge in [-0.05, 0) is 48.6 Å². The third-order valence-electron chi connectivity index (χ3n) is 7.19. The molecular formula is C27H32FN3O4. The highest BCUT2D eigenvalue weighted by atomic mass is 19.1. The Labute approximate surface area is 205 Å². The molecule has 1 fully saturated rings. The Morgan fingerprint density at radius 2 is 1.83 bits per heavy atom. The molecule has 35 heavy (non-hydrogen) atoms. The van der Waals surface area contributed by atoms with E-state index in [0.29, 0.717) is 55.9 Å². The number of amides is 2. The number of alkyl halides is 1. The highest BCUT2D eigenvalue weighted by Gasteiger charge is 2.29. The molecule has 3 aliphatic rings. The average Bonchev–Trinajstić information content (AvgIpc) is 3.02. The van der Waals surface area contributed by atoms with Crippen molar-refractivity contribution in [1.82, 2.24) is 14.7 Å². The molecule has 186 valence electrons. The van der Waals surface area contributed by atoms with Crippen molar-refractivity contribution in [3.05, 3.63) is 64.7 Å². The number of carbonyl (C=O) groups excluding carboxylic acids is 2. The lowest BCUT2D eigenvalue weighted by molar-refractivity contribution is 0.0501. The first-order chi connectivity index (χ1) is 17.0. The second-order valence-electron chi connectivity index (χ2n) is 9.69. The van der Waals surface area contributed by atoms with Crippen molar-refractivity contribution >= 4 is 11.8 Å². The Kier molecular flexibility index (Phi) is 7.02. The highest BCUT2D eigenvalue weighted by Crippen LogP contribution is 2.27. The van der Waals surface area contributed by atoms with Gasteiger partial charge in [-0.1, -0.05) is 24.3 Å². The van der Waals surface area contributed by atoms with Gasteiger partial charge < -0.3 is 19.6 Å². The molecule has 2 amide bonds. The minimum atomic E-state index is -0.848. The molecule has 1 atom stereocenters. The van der Waals surface area contributed by atoms with Gasteiger partial charge in [0.2, 0.25) is 0 Å². The number of aliphatic hydroxyl groups excluding tert-OH is 1. The summed E-state index contributed by atoms with van der Waals surface area (Å²) in [4.78, 5) is 31.6. The van der Waals surface area contributed by atoms with Gasteiger partial charge in [-0.3, -0.25) is 14.5 Å². The first-order valence-corrected chi connectivity index (χ1v) is 12.4. The zero-order valence-corrected chi connectivity index (χ0v) is 19.9. The molecule has 8 heteroatoms. The molecule has 1 saturated heterocycles. The Morgan fingerprint density at radius 1 is 1.06 bits per heavy atom. The fraction of sp³-hybridized carbons (Fsp3) is 0.481. The number of hydrogen-bond donors (Lipinski definition) is 1. The molecule has 2 aromatic rings. The van der Waals surface area contributed by atoms with Gasteiger partial charge in [0.15, 0.2) is 0 Å². The normalized spacial score (nSPS) is 20.0. The molecule has 3 heterocycles. The van der Waals surface area contributed by atoms with Crippen molar-refractivity contribution in [2.75, 3.05) is 45.9 Å². The van der Waals surface area contributed by atoms with E-state index in [2.05, 4.69) is 23.1 Å². The van der Waals surface area contributed by atoms with Crippen molar-refractivity contribution in [2.45, 2.75) is 38.1 Å². The summed E-state index contributed by atoms with van der Waals surface area (Å²) >= 11 is 0. The van der Waals surface area contributed by atoms with Crippen LogP contribution in [0, 0.1) is 0 Å². The minimum absolute atomic E-state index is 0.171. The molecule has 7 nitrogen and oxygen atoms in total. The Morgan fingerprint density at radius 3 is 2.63 bits per heavy atom. The third-order valence-corrected chi connectivity index (χ3v) is 7.19. The number of piperidine rings is 1. The van der Waals surface area contributed by atoms with Crippen LogP contribution < -0.4 is 4.74 Å². The molecule has 0 spiro atoms. The largest absolute Gasteiger partial charge is 0.491 e. The number of benzene rings is 2. The van der Waals surface area contributed by atoms with Crippen molar-refractivity contribution in [2.24, 2.45) is 0 Å². The van der Waals surface area contributed by atoms with Crippen LogP contribution in [0.15, 0.2) is 42.5 Å². The van der Waals surface area contributed by atoms with Crippen LogP contribution in [0.1, 0.15) is 44.7 Å². The topological polar surface area (TPSA) is 73.3 Å². The first kappa shape index (κ1) is 23.8. The van der Waals surface area contributed by atoms with Crippen molar-refractivity contribution in [3.8, 4) is 5.75 Å². The van der Waals surface area contributed by atoms with Crippen LogP contribution in [0.2, 0.25) is 0 Å². The van der Waals surface area contributed by atoms with Gasteiger partial charge in [-0.15, -0.1) is 0 Å². The van der Waals surface area contributed by atoms with Crippen LogP contribution in [0.5, 0.6) is 5.75 Å². The summed E-state index contributed by atoms with van der Waals surface area (Å²) in [6.45, 7) is 3.83. The maximum atomic E-state index is 13.4. The Bertz CT molecular complexity index is 1090. The van der Waals surface area contributed by atoms with Gasteiger partial charge in [0.1, 0.15) is 18.5 Å². The molecule has 1 N–H and O–H groups in total. The predicted molar refractivity (Wildman–Crippen MR) is 129 cm³/mol. The van der Waals surface area contributed by atoms with E-state index in [-0.39, 0.29) is 25.0 Å². The Hall–Kier alpha value is -2.97. The van der Waals surface area contributed by atoms with Gasteiger partial charge >= 0.3 is 0 Å². The van der Waals surface area contributed by atoms with Crippen molar-refractivity contribution < 1.29 is 23.8 Å². The predicted octanol–water partition coefficient (Wildman–Crippen LogP) is 2.51. The molecule has 0 bridgehead atoms. The van der Waals surface area contributed by atoms with E-state index in [1.807, 2.05) is 6.07 Å². The second-order valence-corrected chi connectivity index (χ2v) is 9.69. The van der Waals surface area contributed by atoms with Crippen LogP contribution in [-0.4, -0.2) is 89.8 Å². The van der Waals surface area contributed by atoms with Crippen LogP contribution in [-0.2, 0) is 13.0 Å². The number of likely N-dealkylation sites (tertiary alicyclic amines) is 1. The summed E-state index contributed by atoms with van der Waals surface area (Å²) in [6, 6.07) is 13.2. The number of nitrogens with zero attached hydrogens (tertiary/aromatic N) is 3. The van der Waals surface area contributed by atoms with E-state index in [9.17, 15) is 19.1 Å². The quantitative estimate of drug-likeness (QED) is 0.711. The molecule has 0 saturated carbocycles. The zero-order valence-electron chi connectivity index (χ0n) is 19.9. The summed E-state index contributed by atoms with van der Waals surface area (Å²) in [6.07, 6.45) is 0.142. The molecule has 0 unspecified atom stereocenters. The van der Waals surface area contributed by atoms with Crippen LogP contribution in [0.4, 0.5) is 4.39 Å². The van der Waals surface area contributed by atoms with Gasteiger partial charge in [-0.2, -0.15) is 0 Å². The molecule has 0 aliphatic carbocycles. The fourth-order valence-electron chi connectivity index (χ4n) is 5.22. The van der Waals surface area contributed by atoms with E-state index >= 15 is 0 Å². The lowest BCUT2D eigenvalue weighted by Gasteiger charge is -2.32. The van der Waals surface area contributed by atoms with Crippen LogP contribution >= 0.6 is 0 Å². The number of β-amino-alcohol motifs (C(OH)–C–C–N with tert-alkyl or cyclic N) is 1. The summed E-state index contributed by atoms with van der Waals surface area (Å²) in [5.74, 6) is -0.000911. The standard InChI is InChI=1S/C27H32FN3O4/c28-22-8-11-30(12-9-22)26(33)20-5-6-24-25(15-20)35-14-13-31(27(24)34)18-23(32)17-29-10-7-19-3-1-2-4-21(19)16-29/h1-6,15,22-23,32H,7-14,16-18H2/t23-/m1/s1.